The third-order valence-corrected chi connectivity index (χ3v) is 1.65. The van der Waals surface area contributed by atoms with E-state index in [0.717, 1.165) is 13.2 Å². The van der Waals surface area contributed by atoms with Crippen molar-refractivity contribution in [2.75, 3.05) is 7.11 Å². The molecule has 16 heavy (non-hydrogen) atoms. The highest BCUT2D eigenvalue weighted by molar-refractivity contribution is 5.94. The SMILES string of the molecule is COc1cccc(OC(F)(F)F)c1C(=O)O. The van der Waals surface area contributed by atoms with Crippen LogP contribution in [0.25, 0.3) is 0 Å². The zero-order valence-corrected chi connectivity index (χ0v) is 8.04. The van der Waals surface area contributed by atoms with Crippen molar-refractivity contribution in [3.63, 3.8) is 0 Å². The first-order valence-corrected chi connectivity index (χ1v) is 4.01. The summed E-state index contributed by atoms with van der Waals surface area (Å²) < 4.78 is 44.1. The van der Waals surface area contributed by atoms with E-state index in [0.29, 0.717) is 0 Å². The van der Waals surface area contributed by atoms with Crippen LogP contribution in [-0.4, -0.2) is 24.5 Å². The molecule has 0 bridgehead atoms. The van der Waals surface area contributed by atoms with Crippen molar-refractivity contribution in [2.24, 2.45) is 0 Å². The Morgan fingerprint density at radius 2 is 1.88 bits per heavy atom. The molecule has 0 heterocycles. The van der Waals surface area contributed by atoms with Gasteiger partial charge in [-0.1, -0.05) is 6.07 Å². The summed E-state index contributed by atoms with van der Waals surface area (Å²) in [5.41, 5.74) is -0.665. The van der Waals surface area contributed by atoms with Crippen LogP contribution in [0.4, 0.5) is 13.2 Å². The minimum Gasteiger partial charge on any atom is -0.496 e. The van der Waals surface area contributed by atoms with Crippen molar-refractivity contribution in [3.8, 4) is 11.5 Å². The number of hydrogen-bond acceptors (Lipinski definition) is 3. The maximum absolute atomic E-state index is 12.0. The van der Waals surface area contributed by atoms with Gasteiger partial charge in [-0.25, -0.2) is 4.79 Å². The quantitative estimate of drug-likeness (QED) is 0.874. The lowest BCUT2D eigenvalue weighted by Gasteiger charge is -2.13. The fraction of sp³-hybridized carbons (Fsp3) is 0.222. The second kappa shape index (κ2) is 4.30. The first kappa shape index (κ1) is 12.2. The molecular weight excluding hydrogens is 229 g/mol. The minimum absolute atomic E-state index is 0.200. The fourth-order valence-corrected chi connectivity index (χ4v) is 1.10. The van der Waals surface area contributed by atoms with Crippen molar-refractivity contribution < 1.29 is 32.5 Å². The summed E-state index contributed by atoms with van der Waals surface area (Å²) in [5, 5.41) is 8.75. The van der Waals surface area contributed by atoms with Crippen LogP contribution in [0.15, 0.2) is 18.2 Å². The third-order valence-electron chi connectivity index (χ3n) is 1.65. The van der Waals surface area contributed by atoms with E-state index in [-0.39, 0.29) is 5.75 Å². The van der Waals surface area contributed by atoms with Crippen LogP contribution < -0.4 is 9.47 Å². The van der Waals surface area contributed by atoms with Gasteiger partial charge >= 0.3 is 12.3 Å². The van der Waals surface area contributed by atoms with E-state index in [9.17, 15) is 18.0 Å². The van der Waals surface area contributed by atoms with E-state index in [1.54, 1.807) is 0 Å². The highest BCUT2D eigenvalue weighted by atomic mass is 19.4. The van der Waals surface area contributed by atoms with Crippen LogP contribution in [0.3, 0.4) is 0 Å². The van der Waals surface area contributed by atoms with Crippen LogP contribution >= 0.6 is 0 Å². The summed E-state index contributed by atoms with van der Waals surface area (Å²) in [6, 6.07) is 3.33. The van der Waals surface area contributed by atoms with Crippen molar-refractivity contribution in [2.45, 2.75) is 6.36 Å². The normalized spacial score (nSPS) is 11.0. The molecule has 4 nitrogen and oxygen atoms in total. The van der Waals surface area contributed by atoms with Gasteiger partial charge in [-0.2, -0.15) is 0 Å². The van der Waals surface area contributed by atoms with E-state index < -0.39 is 23.6 Å². The van der Waals surface area contributed by atoms with Crippen LogP contribution in [0.1, 0.15) is 10.4 Å². The molecule has 0 unspecified atom stereocenters. The molecule has 0 radical (unpaired) electrons. The van der Waals surface area contributed by atoms with Crippen molar-refractivity contribution in [1.82, 2.24) is 0 Å². The number of carboxylic acid groups (broad SMARTS) is 1. The molecule has 1 rings (SSSR count). The van der Waals surface area contributed by atoms with Gasteiger partial charge in [0.15, 0.2) is 0 Å². The standard InChI is InChI=1S/C9H7F3O4/c1-15-5-3-2-4-6(7(5)8(13)14)16-9(10,11)12/h2-4H,1H3,(H,13,14). The smallest absolute Gasteiger partial charge is 0.496 e. The second-order valence-electron chi connectivity index (χ2n) is 2.69. The predicted octanol–water partition coefficient (Wildman–Crippen LogP) is 2.29. The largest absolute Gasteiger partial charge is 0.573 e. The number of rotatable bonds is 3. The summed E-state index contributed by atoms with van der Waals surface area (Å²) in [4.78, 5) is 10.8. The molecule has 0 spiro atoms. The van der Waals surface area contributed by atoms with Gasteiger partial charge in [0, 0.05) is 0 Å². The van der Waals surface area contributed by atoms with Gasteiger partial charge in [0.05, 0.1) is 7.11 Å². The number of carbonyl (C=O) groups is 1. The van der Waals surface area contributed by atoms with E-state index >= 15 is 0 Å². The molecule has 0 aliphatic rings. The maximum atomic E-state index is 12.0. The molecule has 7 heteroatoms. The van der Waals surface area contributed by atoms with Gasteiger partial charge in [0.25, 0.3) is 0 Å². The molecule has 1 aromatic carbocycles. The molecule has 0 saturated carbocycles. The van der Waals surface area contributed by atoms with E-state index in [1.807, 2.05) is 0 Å². The molecule has 1 aromatic rings. The van der Waals surface area contributed by atoms with Gasteiger partial charge in [0.1, 0.15) is 17.1 Å². The Hall–Kier alpha value is -1.92. The molecule has 0 aliphatic carbocycles. The van der Waals surface area contributed by atoms with E-state index in [2.05, 4.69) is 9.47 Å². The molecule has 0 saturated heterocycles. The van der Waals surface area contributed by atoms with Crippen LogP contribution in [0, 0.1) is 0 Å². The Bertz CT molecular complexity index is 400. The average Bonchev–Trinajstić information content (AvgIpc) is 2.14. The summed E-state index contributed by atoms with van der Waals surface area (Å²) in [6.45, 7) is 0. The highest BCUT2D eigenvalue weighted by Crippen LogP contribution is 2.32. The van der Waals surface area contributed by atoms with Gasteiger partial charge in [-0.3, -0.25) is 0 Å². The van der Waals surface area contributed by atoms with E-state index in [1.165, 1.54) is 12.1 Å². The summed E-state index contributed by atoms with van der Waals surface area (Å²) >= 11 is 0. The Morgan fingerprint density at radius 1 is 1.31 bits per heavy atom. The lowest BCUT2D eigenvalue weighted by Crippen LogP contribution is -2.19. The summed E-state index contributed by atoms with van der Waals surface area (Å²) in [5.74, 6) is -2.56. The topological polar surface area (TPSA) is 55.8 Å². The van der Waals surface area contributed by atoms with Gasteiger partial charge < -0.3 is 14.6 Å². The molecular formula is C9H7F3O4. The van der Waals surface area contributed by atoms with Crippen LogP contribution in [-0.2, 0) is 0 Å². The summed E-state index contributed by atoms with van der Waals surface area (Å²) in [7, 11) is 1.15. The summed E-state index contributed by atoms with van der Waals surface area (Å²) in [6.07, 6.45) is -4.95. The molecule has 0 amide bonds. The average molecular weight is 236 g/mol. The Kier molecular flexibility index (Phi) is 3.26. The first-order valence-electron chi connectivity index (χ1n) is 4.01. The molecule has 0 aromatic heterocycles. The molecule has 0 atom stereocenters. The maximum Gasteiger partial charge on any atom is 0.573 e. The lowest BCUT2D eigenvalue weighted by molar-refractivity contribution is -0.274. The number of halogens is 3. The second-order valence-corrected chi connectivity index (χ2v) is 2.69. The Labute approximate surface area is 88.2 Å². The molecule has 0 fully saturated rings. The lowest BCUT2D eigenvalue weighted by atomic mass is 10.2. The number of alkyl halides is 3. The van der Waals surface area contributed by atoms with Gasteiger partial charge in [0.2, 0.25) is 0 Å². The van der Waals surface area contributed by atoms with Crippen molar-refractivity contribution in [1.29, 1.82) is 0 Å². The zero-order valence-electron chi connectivity index (χ0n) is 8.04. The van der Waals surface area contributed by atoms with Crippen molar-refractivity contribution in [3.05, 3.63) is 23.8 Å². The number of hydrogen-bond donors (Lipinski definition) is 1. The minimum atomic E-state index is -4.95. The van der Waals surface area contributed by atoms with Crippen molar-refractivity contribution >= 4 is 5.97 Å². The molecule has 0 aliphatic heterocycles. The third kappa shape index (κ3) is 2.78. The van der Waals surface area contributed by atoms with Crippen LogP contribution in [0.2, 0.25) is 0 Å². The Balaban J connectivity index is 3.22. The zero-order chi connectivity index (χ0) is 12.3. The monoisotopic (exact) mass is 236 g/mol. The highest BCUT2D eigenvalue weighted by Gasteiger charge is 2.33. The molecule has 88 valence electrons. The number of ether oxygens (including phenoxy) is 2. The van der Waals surface area contributed by atoms with E-state index in [4.69, 9.17) is 5.11 Å². The fourth-order valence-electron chi connectivity index (χ4n) is 1.10. The van der Waals surface area contributed by atoms with Gasteiger partial charge in [-0.15, -0.1) is 13.2 Å². The number of methoxy groups -OCH3 is 1. The molecule has 1 N–H and O–H groups in total. The van der Waals surface area contributed by atoms with Gasteiger partial charge in [-0.05, 0) is 12.1 Å². The number of carboxylic acids is 1. The predicted molar refractivity (Wildman–Crippen MR) is 46.6 cm³/mol. The Morgan fingerprint density at radius 3 is 2.31 bits per heavy atom. The number of benzene rings is 1. The van der Waals surface area contributed by atoms with Crippen LogP contribution in [0.5, 0.6) is 11.5 Å². The number of aromatic carboxylic acids is 1. The first-order chi connectivity index (χ1) is 7.35.